The van der Waals surface area contributed by atoms with Crippen LogP contribution in [0.25, 0.3) is 0 Å². The van der Waals surface area contributed by atoms with Crippen LogP contribution in [0.4, 0.5) is 4.39 Å². The summed E-state index contributed by atoms with van der Waals surface area (Å²) in [4.78, 5) is 15.6. The minimum atomic E-state index is -1.19. The molecule has 0 spiro atoms. The Morgan fingerprint density at radius 1 is 1.33 bits per heavy atom. The van der Waals surface area contributed by atoms with Crippen molar-refractivity contribution in [2.75, 3.05) is 0 Å². The molecule has 0 fully saturated rings. The number of nitrogens with zero attached hydrogens (tertiary/aromatic N) is 1. The van der Waals surface area contributed by atoms with Gasteiger partial charge in [0, 0.05) is 9.37 Å². The van der Waals surface area contributed by atoms with Crippen molar-refractivity contribution in [3.05, 3.63) is 52.4 Å². The van der Waals surface area contributed by atoms with E-state index in [0.29, 0.717) is 0 Å². The molecule has 0 aliphatic heterocycles. The van der Waals surface area contributed by atoms with Crippen molar-refractivity contribution in [2.45, 2.75) is 9.92 Å². The SMILES string of the molecule is O=C(O)c1cc(F)cnc1Sc1ccc(Br)cc1. The van der Waals surface area contributed by atoms with Gasteiger partial charge in [-0.3, -0.25) is 0 Å². The largest absolute Gasteiger partial charge is 0.478 e. The smallest absolute Gasteiger partial charge is 0.338 e. The lowest BCUT2D eigenvalue weighted by Gasteiger charge is -2.04. The highest BCUT2D eigenvalue weighted by molar-refractivity contribution is 9.10. The number of rotatable bonds is 3. The van der Waals surface area contributed by atoms with E-state index in [4.69, 9.17) is 5.11 Å². The summed E-state index contributed by atoms with van der Waals surface area (Å²) >= 11 is 4.49. The van der Waals surface area contributed by atoms with Gasteiger partial charge in [-0.15, -0.1) is 0 Å². The van der Waals surface area contributed by atoms with E-state index in [0.717, 1.165) is 21.6 Å². The van der Waals surface area contributed by atoms with Gasteiger partial charge in [0.1, 0.15) is 10.8 Å². The molecule has 0 aliphatic rings. The zero-order valence-corrected chi connectivity index (χ0v) is 11.3. The van der Waals surface area contributed by atoms with E-state index in [9.17, 15) is 9.18 Å². The number of halogens is 2. The first kappa shape index (κ1) is 13.0. The summed E-state index contributed by atoms with van der Waals surface area (Å²) in [6.07, 6.45) is 1.01. The fraction of sp³-hybridized carbons (Fsp3) is 0. The number of benzene rings is 1. The summed E-state index contributed by atoms with van der Waals surface area (Å²) in [5.41, 5.74) is -0.136. The first-order valence-corrected chi connectivity index (χ1v) is 6.49. The van der Waals surface area contributed by atoms with Crippen molar-refractivity contribution < 1.29 is 14.3 Å². The Labute approximate surface area is 115 Å². The quantitative estimate of drug-likeness (QED) is 0.930. The van der Waals surface area contributed by atoms with Crippen LogP contribution in [-0.4, -0.2) is 16.1 Å². The second-order valence-corrected chi connectivity index (χ2v) is 5.35. The molecule has 0 atom stereocenters. The zero-order valence-electron chi connectivity index (χ0n) is 8.93. The second-order valence-electron chi connectivity index (χ2n) is 3.37. The van der Waals surface area contributed by atoms with Crippen molar-refractivity contribution in [3.63, 3.8) is 0 Å². The molecule has 6 heteroatoms. The van der Waals surface area contributed by atoms with Gasteiger partial charge in [-0.2, -0.15) is 0 Å². The van der Waals surface area contributed by atoms with E-state index in [1.807, 2.05) is 24.3 Å². The Bertz CT molecular complexity index is 589. The molecule has 0 saturated carbocycles. The fourth-order valence-corrected chi connectivity index (χ4v) is 2.40. The van der Waals surface area contributed by atoms with Gasteiger partial charge in [-0.25, -0.2) is 14.2 Å². The summed E-state index contributed by atoms with van der Waals surface area (Å²) in [5.74, 6) is -1.85. The Morgan fingerprint density at radius 2 is 2.00 bits per heavy atom. The predicted octanol–water partition coefficient (Wildman–Crippen LogP) is 3.83. The van der Waals surface area contributed by atoms with E-state index in [2.05, 4.69) is 20.9 Å². The number of pyridine rings is 1. The van der Waals surface area contributed by atoms with Crippen LogP contribution in [0.15, 0.2) is 50.9 Å². The average molecular weight is 328 g/mol. The van der Waals surface area contributed by atoms with Gasteiger partial charge in [-0.1, -0.05) is 27.7 Å². The van der Waals surface area contributed by atoms with Crippen LogP contribution >= 0.6 is 27.7 Å². The van der Waals surface area contributed by atoms with Crippen molar-refractivity contribution in [1.82, 2.24) is 4.98 Å². The number of carboxylic acid groups (broad SMARTS) is 1. The molecule has 18 heavy (non-hydrogen) atoms. The van der Waals surface area contributed by atoms with E-state index in [1.54, 1.807) is 0 Å². The minimum Gasteiger partial charge on any atom is -0.478 e. The highest BCUT2D eigenvalue weighted by atomic mass is 79.9. The third-order valence-electron chi connectivity index (χ3n) is 2.08. The van der Waals surface area contributed by atoms with E-state index >= 15 is 0 Å². The Balaban J connectivity index is 2.34. The van der Waals surface area contributed by atoms with Crippen LogP contribution in [0, 0.1) is 5.82 Å². The predicted molar refractivity (Wildman–Crippen MR) is 69.4 cm³/mol. The van der Waals surface area contributed by atoms with Crippen LogP contribution in [0.1, 0.15) is 10.4 Å². The second kappa shape index (κ2) is 5.49. The van der Waals surface area contributed by atoms with Gasteiger partial charge in [0.15, 0.2) is 0 Å². The first-order chi connectivity index (χ1) is 8.56. The summed E-state index contributed by atoms with van der Waals surface area (Å²) in [5, 5.41) is 9.25. The van der Waals surface area contributed by atoms with Crippen molar-refractivity contribution in [1.29, 1.82) is 0 Å². The number of carboxylic acids is 1. The van der Waals surface area contributed by atoms with Gasteiger partial charge in [-0.05, 0) is 30.3 Å². The topological polar surface area (TPSA) is 50.2 Å². The maximum absolute atomic E-state index is 13.0. The lowest BCUT2D eigenvalue weighted by atomic mass is 10.3. The monoisotopic (exact) mass is 327 g/mol. The van der Waals surface area contributed by atoms with Crippen LogP contribution in [0.2, 0.25) is 0 Å². The van der Waals surface area contributed by atoms with E-state index in [1.165, 1.54) is 11.8 Å². The summed E-state index contributed by atoms with van der Waals surface area (Å²) in [6, 6.07) is 8.30. The average Bonchev–Trinajstić information content (AvgIpc) is 2.34. The number of aromatic nitrogens is 1. The summed E-state index contributed by atoms with van der Waals surface area (Å²) in [6.45, 7) is 0. The summed E-state index contributed by atoms with van der Waals surface area (Å²) in [7, 11) is 0. The summed E-state index contributed by atoms with van der Waals surface area (Å²) < 4.78 is 13.9. The molecule has 92 valence electrons. The standard InChI is InChI=1S/C12H7BrFNO2S/c13-7-1-3-9(4-2-7)18-11-10(12(16)17)5-8(14)6-15-11/h1-6H,(H,16,17). The number of aromatic carboxylic acids is 1. The lowest BCUT2D eigenvalue weighted by molar-refractivity contribution is 0.0691. The molecule has 1 aromatic heterocycles. The number of carbonyl (C=O) groups is 1. The third kappa shape index (κ3) is 3.08. The minimum absolute atomic E-state index is 0.136. The molecule has 3 nitrogen and oxygen atoms in total. The highest BCUT2D eigenvalue weighted by Crippen LogP contribution is 2.29. The van der Waals surface area contributed by atoms with Gasteiger partial charge in [0.2, 0.25) is 0 Å². The van der Waals surface area contributed by atoms with Crippen LogP contribution < -0.4 is 0 Å². The molecule has 0 amide bonds. The number of hydrogen-bond acceptors (Lipinski definition) is 3. The lowest BCUT2D eigenvalue weighted by Crippen LogP contribution is -2.01. The molecule has 0 unspecified atom stereocenters. The Kier molecular flexibility index (Phi) is 3.98. The van der Waals surface area contributed by atoms with Gasteiger partial charge < -0.3 is 5.11 Å². The normalized spacial score (nSPS) is 10.3. The van der Waals surface area contributed by atoms with E-state index in [-0.39, 0.29) is 10.6 Å². The first-order valence-electron chi connectivity index (χ1n) is 4.88. The highest BCUT2D eigenvalue weighted by Gasteiger charge is 2.14. The van der Waals surface area contributed by atoms with Crippen molar-refractivity contribution in [2.24, 2.45) is 0 Å². The molecular formula is C12H7BrFNO2S. The van der Waals surface area contributed by atoms with Crippen LogP contribution in [0.3, 0.4) is 0 Å². The molecule has 0 saturated heterocycles. The van der Waals surface area contributed by atoms with E-state index < -0.39 is 11.8 Å². The van der Waals surface area contributed by atoms with Crippen molar-refractivity contribution >= 4 is 33.7 Å². The Hall–Kier alpha value is -1.40. The fourth-order valence-electron chi connectivity index (χ4n) is 1.28. The maximum Gasteiger partial charge on any atom is 0.338 e. The van der Waals surface area contributed by atoms with Gasteiger partial charge in [0.25, 0.3) is 0 Å². The van der Waals surface area contributed by atoms with Crippen LogP contribution in [0.5, 0.6) is 0 Å². The van der Waals surface area contributed by atoms with Gasteiger partial charge >= 0.3 is 5.97 Å². The molecule has 1 heterocycles. The molecular weight excluding hydrogens is 321 g/mol. The van der Waals surface area contributed by atoms with Crippen molar-refractivity contribution in [3.8, 4) is 0 Å². The molecule has 0 radical (unpaired) electrons. The van der Waals surface area contributed by atoms with Gasteiger partial charge in [0.05, 0.1) is 11.8 Å². The molecule has 1 N–H and O–H groups in total. The Morgan fingerprint density at radius 3 is 2.61 bits per heavy atom. The third-order valence-corrected chi connectivity index (χ3v) is 3.63. The maximum atomic E-state index is 13.0. The molecule has 1 aromatic carbocycles. The van der Waals surface area contributed by atoms with Crippen LogP contribution in [-0.2, 0) is 0 Å². The molecule has 0 aliphatic carbocycles. The zero-order chi connectivity index (χ0) is 13.1. The molecule has 2 aromatic rings. The molecule has 2 rings (SSSR count). The molecule has 0 bridgehead atoms. The number of hydrogen-bond donors (Lipinski definition) is 1.